The summed E-state index contributed by atoms with van der Waals surface area (Å²) in [4.78, 5) is 28.6. The Labute approximate surface area is 183 Å². The van der Waals surface area contributed by atoms with Gasteiger partial charge in [-0.2, -0.15) is 0 Å². The highest BCUT2D eigenvalue weighted by Gasteiger charge is 2.19. The number of benzene rings is 2. The van der Waals surface area contributed by atoms with Crippen molar-refractivity contribution < 1.29 is 14.0 Å². The summed E-state index contributed by atoms with van der Waals surface area (Å²) in [5, 5.41) is 5.85. The molecule has 0 aromatic heterocycles. The molecule has 31 heavy (non-hydrogen) atoms. The number of rotatable bonds is 8. The highest BCUT2D eigenvalue weighted by molar-refractivity contribution is 5.79. The highest BCUT2D eigenvalue weighted by Crippen LogP contribution is 2.18. The summed E-state index contributed by atoms with van der Waals surface area (Å²) < 4.78 is 13.1. The van der Waals surface area contributed by atoms with Crippen LogP contribution in [0.5, 0.6) is 0 Å². The first kappa shape index (κ1) is 22.7. The number of hydrogen-bond acceptors (Lipinski definition) is 4. The molecule has 1 heterocycles. The standard InChI is InChI=1S/C24H31FN4O2/c1-18-3-5-20(6-4-18)23(27-19(2)30)17-24(31)26-11-12-28-13-15-29(16-14-28)22-9-7-21(25)8-10-22/h3-10,23H,11-17H2,1-2H3,(H,26,31)(H,27,30). The van der Waals surface area contributed by atoms with Crippen LogP contribution in [0.2, 0.25) is 0 Å². The van der Waals surface area contributed by atoms with Gasteiger partial charge >= 0.3 is 0 Å². The molecule has 1 fully saturated rings. The lowest BCUT2D eigenvalue weighted by atomic mass is 10.0. The van der Waals surface area contributed by atoms with Gasteiger partial charge in [-0.25, -0.2) is 4.39 Å². The first-order valence-corrected chi connectivity index (χ1v) is 10.7. The summed E-state index contributed by atoms with van der Waals surface area (Å²) in [6.45, 7) is 8.34. The zero-order valence-electron chi connectivity index (χ0n) is 18.2. The monoisotopic (exact) mass is 426 g/mol. The minimum Gasteiger partial charge on any atom is -0.369 e. The smallest absolute Gasteiger partial charge is 0.222 e. The molecule has 6 nitrogen and oxygen atoms in total. The largest absolute Gasteiger partial charge is 0.369 e. The van der Waals surface area contributed by atoms with Crippen LogP contribution in [0.25, 0.3) is 0 Å². The molecule has 2 amide bonds. The van der Waals surface area contributed by atoms with Crippen molar-refractivity contribution in [3.63, 3.8) is 0 Å². The molecule has 2 aromatic rings. The zero-order valence-corrected chi connectivity index (χ0v) is 18.2. The summed E-state index contributed by atoms with van der Waals surface area (Å²) in [5.41, 5.74) is 3.09. The van der Waals surface area contributed by atoms with Crippen LogP contribution >= 0.6 is 0 Å². The third-order valence-corrected chi connectivity index (χ3v) is 5.56. The molecule has 1 atom stereocenters. The quantitative estimate of drug-likeness (QED) is 0.681. The number of nitrogens with one attached hydrogen (secondary N) is 2. The van der Waals surface area contributed by atoms with Gasteiger partial charge in [0.25, 0.3) is 0 Å². The second-order valence-corrected chi connectivity index (χ2v) is 8.02. The van der Waals surface area contributed by atoms with E-state index < -0.39 is 0 Å². The van der Waals surface area contributed by atoms with E-state index in [4.69, 9.17) is 0 Å². The minimum atomic E-state index is -0.336. The lowest BCUT2D eigenvalue weighted by Gasteiger charge is -2.36. The molecule has 1 unspecified atom stereocenters. The fraction of sp³-hybridized carbons (Fsp3) is 0.417. The van der Waals surface area contributed by atoms with Crippen molar-refractivity contribution in [2.75, 3.05) is 44.2 Å². The lowest BCUT2D eigenvalue weighted by Crippen LogP contribution is -2.48. The fourth-order valence-corrected chi connectivity index (χ4v) is 3.79. The summed E-state index contributed by atoms with van der Waals surface area (Å²) in [5.74, 6) is -0.456. The lowest BCUT2D eigenvalue weighted by molar-refractivity contribution is -0.122. The normalized spacial score (nSPS) is 15.4. The first-order valence-electron chi connectivity index (χ1n) is 10.7. The number of piperazine rings is 1. The van der Waals surface area contributed by atoms with Gasteiger partial charge in [-0.3, -0.25) is 14.5 Å². The zero-order chi connectivity index (χ0) is 22.2. The SMILES string of the molecule is CC(=O)NC(CC(=O)NCCN1CCN(c2ccc(F)cc2)CC1)c1ccc(C)cc1. The average Bonchev–Trinajstić information content (AvgIpc) is 2.75. The molecule has 0 saturated carbocycles. The number of halogens is 1. The number of hydrogen-bond donors (Lipinski definition) is 2. The van der Waals surface area contributed by atoms with Crippen molar-refractivity contribution in [2.24, 2.45) is 0 Å². The Morgan fingerprint density at radius 2 is 1.65 bits per heavy atom. The summed E-state index contributed by atoms with van der Waals surface area (Å²) in [6, 6.07) is 14.1. The Kier molecular flexibility index (Phi) is 8.00. The van der Waals surface area contributed by atoms with Crippen molar-refractivity contribution in [3.8, 4) is 0 Å². The van der Waals surface area contributed by atoms with E-state index in [1.165, 1.54) is 19.1 Å². The highest BCUT2D eigenvalue weighted by atomic mass is 19.1. The molecule has 0 bridgehead atoms. The topological polar surface area (TPSA) is 64.7 Å². The maximum absolute atomic E-state index is 13.1. The van der Waals surface area contributed by atoms with Crippen LogP contribution in [0.3, 0.4) is 0 Å². The molecular weight excluding hydrogens is 395 g/mol. The number of nitrogens with zero attached hydrogens (tertiary/aromatic N) is 2. The van der Waals surface area contributed by atoms with Crippen LogP contribution in [0.4, 0.5) is 10.1 Å². The van der Waals surface area contributed by atoms with Crippen LogP contribution in [-0.2, 0) is 9.59 Å². The second kappa shape index (κ2) is 10.9. The van der Waals surface area contributed by atoms with Crippen molar-refractivity contribution in [1.29, 1.82) is 0 Å². The van der Waals surface area contributed by atoms with Gasteiger partial charge in [0.2, 0.25) is 11.8 Å². The molecule has 3 rings (SSSR count). The molecule has 1 aliphatic rings. The van der Waals surface area contributed by atoms with Gasteiger partial charge in [-0.1, -0.05) is 29.8 Å². The summed E-state index contributed by atoms with van der Waals surface area (Å²) in [6.07, 6.45) is 0.209. The number of aryl methyl sites for hydroxylation is 1. The van der Waals surface area contributed by atoms with E-state index >= 15 is 0 Å². The van der Waals surface area contributed by atoms with Gasteiger partial charge < -0.3 is 15.5 Å². The third-order valence-electron chi connectivity index (χ3n) is 5.56. The van der Waals surface area contributed by atoms with Crippen LogP contribution in [0.1, 0.15) is 30.5 Å². The molecule has 1 aliphatic heterocycles. The Bertz CT molecular complexity index is 862. The predicted octanol–water partition coefficient (Wildman–Crippen LogP) is 2.64. The van der Waals surface area contributed by atoms with E-state index in [1.54, 1.807) is 0 Å². The van der Waals surface area contributed by atoms with Crippen molar-refractivity contribution in [2.45, 2.75) is 26.3 Å². The van der Waals surface area contributed by atoms with Gasteiger partial charge in [0.1, 0.15) is 5.82 Å². The van der Waals surface area contributed by atoms with Gasteiger partial charge in [-0.15, -0.1) is 0 Å². The molecule has 0 radical (unpaired) electrons. The van der Waals surface area contributed by atoms with E-state index in [-0.39, 0.29) is 30.1 Å². The fourth-order valence-electron chi connectivity index (χ4n) is 3.79. The van der Waals surface area contributed by atoms with E-state index in [1.807, 2.05) is 43.3 Å². The van der Waals surface area contributed by atoms with Gasteiger partial charge in [0.05, 0.1) is 12.5 Å². The maximum atomic E-state index is 13.1. The van der Waals surface area contributed by atoms with Crippen LogP contribution in [-0.4, -0.2) is 56.0 Å². The second-order valence-electron chi connectivity index (χ2n) is 8.02. The molecule has 1 saturated heterocycles. The van der Waals surface area contributed by atoms with E-state index in [9.17, 15) is 14.0 Å². The summed E-state index contributed by atoms with van der Waals surface area (Å²) in [7, 11) is 0. The molecule has 2 N–H and O–H groups in total. The molecular formula is C24H31FN4O2. The molecule has 2 aromatic carbocycles. The van der Waals surface area contributed by atoms with Crippen LogP contribution in [0, 0.1) is 12.7 Å². The number of carbonyl (C=O) groups is 2. The van der Waals surface area contributed by atoms with Gasteiger partial charge in [0, 0.05) is 51.9 Å². The average molecular weight is 427 g/mol. The van der Waals surface area contributed by atoms with Crippen molar-refractivity contribution in [3.05, 3.63) is 65.5 Å². The van der Waals surface area contributed by atoms with E-state index in [0.717, 1.165) is 49.5 Å². The van der Waals surface area contributed by atoms with Crippen molar-refractivity contribution >= 4 is 17.5 Å². The first-order chi connectivity index (χ1) is 14.9. The Morgan fingerprint density at radius 3 is 2.26 bits per heavy atom. The number of amides is 2. The number of carbonyl (C=O) groups excluding carboxylic acids is 2. The van der Waals surface area contributed by atoms with Crippen molar-refractivity contribution in [1.82, 2.24) is 15.5 Å². The molecule has 7 heteroatoms. The third kappa shape index (κ3) is 7.07. The van der Waals surface area contributed by atoms with Gasteiger partial charge in [0.15, 0.2) is 0 Å². The summed E-state index contributed by atoms with van der Waals surface area (Å²) >= 11 is 0. The molecule has 0 spiro atoms. The van der Waals surface area contributed by atoms with Gasteiger partial charge in [-0.05, 0) is 36.8 Å². The Balaban J connectivity index is 1.41. The van der Waals surface area contributed by atoms with E-state index in [0.29, 0.717) is 6.54 Å². The Hall–Kier alpha value is -2.93. The van der Waals surface area contributed by atoms with Crippen LogP contribution < -0.4 is 15.5 Å². The Morgan fingerprint density at radius 1 is 1.00 bits per heavy atom. The molecule has 0 aliphatic carbocycles. The molecule has 166 valence electrons. The van der Waals surface area contributed by atoms with E-state index in [2.05, 4.69) is 20.4 Å². The predicted molar refractivity (Wildman–Crippen MR) is 120 cm³/mol. The maximum Gasteiger partial charge on any atom is 0.222 e. The number of anilines is 1. The minimum absolute atomic E-state index is 0.0794. The van der Waals surface area contributed by atoms with Crippen LogP contribution in [0.15, 0.2) is 48.5 Å².